The van der Waals surface area contributed by atoms with Crippen molar-refractivity contribution in [1.82, 2.24) is 0 Å². The van der Waals surface area contributed by atoms with Gasteiger partial charge in [0.15, 0.2) is 5.60 Å². The van der Waals surface area contributed by atoms with Crippen LogP contribution in [0.4, 0.5) is 4.79 Å². The molecule has 2 unspecified atom stereocenters. The first-order chi connectivity index (χ1) is 4.58. The van der Waals surface area contributed by atoms with Gasteiger partial charge in [-0.05, 0) is 19.9 Å². The van der Waals surface area contributed by atoms with Crippen molar-refractivity contribution in [3.05, 3.63) is 12.7 Å². The van der Waals surface area contributed by atoms with E-state index in [1.807, 2.05) is 0 Å². The molecule has 0 amide bonds. The summed E-state index contributed by atoms with van der Waals surface area (Å²) in [6.07, 6.45) is 0.718. The molecule has 10 heavy (non-hydrogen) atoms. The number of ether oxygens (including phenoxy) is 2. The van der Waals surface area contributed by atoms with Crippen LogP contribution in [0.3, 0.4) is 0 Å². The molecule has 1 aliphatic heterocycles. The largest absolute Gasteiger partial charge is 0.509 e. The van der Waals surface area contributed by atoms with E-state index in [1.165, 1.54) is 0 Å². The topological polar surface area (TPSA) is 35.5 Å². The highest BCUT2D eigenvalue weighted by atomic mass is 16.8. The van der Waals surface area contributed by atoms with E-state index < -0.39 is 11.8 Å². The predicted molar refractivity (Wildman–Crippen MR) is 35.6 cm³/mol. The van der Waals surface area contributed by atoms with Gasteiger partial charge < -0.3 is 9.47 Å². The molecule has 0 aliphatic carbocycles. The van der Waals surface area contributed by atoms with Crippen molar-refractivity contribution in [2.75, 3.05) is 0 Å². The maximum absolute atomic E-state index is 10.5. The number of carbonyl (C=O) groups is 1. The zero-order chi connectivity index (χ0) is 7.78. The van der Waals surface area contributed by atoms with Gasteiger partial charge in [-0.2, -0.15) is 0 Å². The molecule has 2 atom stereocenters. The standard InChI is InChI=1S/C7H10O3/c1-4-7(3)5(2)9-6(8)10-7/h4-5H,1H2,2-3H3. The third-order valence-electron chi connectivity index (χ3n) is 1.79. The summed E-state index contributed by atoms with van der Waals surface area (Å²) in [4.78, 5) is 10.5. The van der Waals surface area contributed by atoms with Crippen molar-refractivity contribution < 1.29 is 14.3 Å². The zero-order valence-corrected chi connectivity index (χ0v) is 6.09. The summed E-state index contributed by atoms with van der Waals surface area (Å²) in [5.41, 5.74) is -0.642. The number of hydrogen-bond acceptors (Lipinski definition) is 3. The summed E-state index contributed by atoms with van der Waals surface area (Å²) in [7, 11) is 0. The van der Waals surface area contributed by atoms with Gasteiger partial charge in [0.2, 0.25) is 0 Å². The Morgan fingerprint density at radius 1 is 1.80 bits per heavy atom. The summed E-state index contributed by atoms with van der Waals surface area (Å²) in [5.74, 6) is 0. The van der Waals surface area contributed by atoms with Crippen LogP contribution < -0.4 is 0 Å². The molecule has 0 spiro atoms. The molecular formula is C7H10O3. The highest BCUT2D eigenvalue weighted by Gasteiger charge is 2.42. The van der Waals surface area contributed by atoms with Crippen LogP contribution in [0, 0.1) is 0 Å². The summed E-state index contributed by atoms with van der Waals surface area (Å²) in [6, 6.07) is 0. The fourth-order valence-electron chi connectivity index (χ4n) is 0.756. The van der Waals surface area contributed by atoms with Gasteiger partial charge in [-0.25, -0.2) is 4.79 Å². The van der Waals surface area contributed by atoms with Crippen LogP contribution in [0.2, 0.25) is 0 Å². The summed E-state index contributed by atoms with van der Waals surface area (Å²) in [6.45, 7) is 7.07. The fourth-order valence-corrected chi connectivity index (χ4v) is 0.756. The lowest BCUT2D eigenvalue weighted by molar-refractivity contribution is 0.0946. The van der Waals surface area contributed by atoms with E-state index in [-0.39, 0.29) is 6.10 Å². The van der Waals surface area contributed by atoms with Gasteiger partial charge in [0.1, 0.15) is 6.10 Å². The molecule has 3 heteroatoms. The minimum absolute atomic E-state index is 0.238. The Bertz CT molecular complexity index is 176. The molecule has 0 saturated carbocycles. The van der Waals surface area contributed by atoms with E-state index in [2.05, 4.69) is 6.58 Å². The van der Waals surface area contributed by atoms with Gasteiger partial charge in [-0.15, -0.1) is 0 Å². The molecule has 1 heterocycles. The van der Waals surface area contributed by atoms with Crippen molar-refractivity contribution in [3.8, 4) is 0 Å². The van der Waals surface area contributed by atoms with Crippen molar-refractivity contribution in [2.24, 2.45) is 0 Å². The third-order valence-corrected chi connectivity index (χ3v) is 1.79. The Morgan fingerprint density at radius 3 is 2.60 bits per heavy atom. The van der Waals surface area contributed by atoms with E-state index >= 15 is 0 Å². The lowest BCUT2D eigenvalue weighted by Crippen LogP contribution is -2.31. The second kappa shape index (κ2) is 2.01. The average Bonchev–Trinajstić information content (AvgIpc) is 2.09. The fraction of sp³-hybridized carbons (Fsp3) is 0.571. The van der Waals surface area contributed by atoms with E-state index in [0.29, 0.717) is 0 Å². The number of cyclic esters (lactones) is 2. The number of hydrogen-bond donors (Lipinski definition) is 0. The Kier molecular flexibility index (Phi) is 1.43. The maximum Gasteiger partial charge on any atom is 0.509 e. The van der Waals surface area contributed by atoms with Crippen molar-refractivity contribution in [2.45, 2.75) is 25.6 Å². The van der Waals surface area contributed by atoms with Gasteiger partial charge in [-0.3, -0.25) is 0 Å². The molecule has 1 fully saturated rings. The molecule has 0 radical (unpaired) electrons. The first-order valence-electron chi connectivity index (χ1n) is 3.12. The molecule has 0 aromatic carbocycles. The Hall–Kier alpha value is -0.990. The van der Waals surface area contributed by atoms with Crippen molar-refractivity contribution >= 4 is 6.16 Å². The molecule has 1 aliphatic rings. The van der Waals surface area contributed by atoms with Gasteiger partial charge in [0.25, 0.3) is 0 Å². The number of carbonyl (C=O) groups excluding carboxylic acids is 1. The summed E-state index contributed by atoms with van der Waals surface area (Å²) in [5, 5.41) is 0. The van der Waals surface area contributed by atoms with Gasteiger partial charge in [0, 0.05) is 0 Å². The van der Waals surface area contributed by atoms with Crippen LogP contribution in [0.5, 0.6) is 0 Å². The Labute approximate surface area is 59.6 Å². The SMILES string of the molecule is C=CC1(C)OC(=O)OC1C. The smallest absolute Gasteiger partial charge is 0.427 e. The quantitative estimate of drug-likeness (QED) is 0.411. The minimum Gasteiger partial charge on any atom is -0.427 e. The van der Waals surface area contributed by atoms with Gasteiger partial charge in [0.05, 0.1) is 0 Å². The normalized spacial score (nSPS) is 38.6. The lowest BCUT2D eigenvalue weighted by atomic mass is 10.0. The van der Waals surface area contributed by atoms with Crippen LogP contribution in [0.1, 0.15) is 13.8 Å². The second-order valence-corrected chi connectivity index (χ2v) is 2.50. The molecule has 56 valence electrons. The molecule has 3 nitrogen and oxygen atoms in total. The molecule has 1 saturated heterocycles. The van der Waals surface area contributed by atoms with E-state index in [4.69, 9.17) is 9.47 Å². The Morgan fingerprint density at radius 2 is 2.40 bits per heavy atom. The molecule has 0 aromatic heterocycles. The number of rotatable bonds is 1. The predicted octanol–water partition coefficient (Wildman–Crippen LogP) is 1.49. The molecule has 0 aromatic rings. The average molecular weight is 142 g/mol. The molecule has 0 N–H and O–H groups in total. The second-order valence-electron chi connectivity index (χ2n) is 2.50. The molecule has 1 rings (SSSR count). The van der Waals surface area contributed by atoms with Gasteiger partial charge in [-0.1, -0.05) is 6.58 Å². The third kappa shape index (κ3) is 0.875. The molecular weight excluding hydrogens is 132 g/mol. The summed E-state index contributed by atoms with van der Waals surface area (Å²) >= 11 is 0. The van der Waals surface area contributed by atoms with Crippen LogP contribution in [0.25, 0.3) is 0 Å². The highest BCUT2D eigenvalue weighted by Crippen LogP contribution is 2.26. The molecule has 0 bridgehead atoms. The summed E-state index contributed by atoms with van der Waals surface area (Å²) < 4.78 is 9.57. The lowest BCUT2D eigenvalue weighted by Gasteiger charge is -2.18. The van der Waals surface area contributed by atoms with Crippen LogP contribution in [-0.4, -0.2) is 17.9 Å². The van der Waals surface area contributed by atoms with Crippen molar-refractivity contribution in [3.63, 3.8) is 0 Å². The monoisotopic (exact) mass is 142 g/mol. The van der Waals surface area contributed by atoms with E-state index in [1.54, 1.807) is 19.9 Å². The van der Waals surface area contributed by atoms with Crippen LogP contribution >= 0.6 is 0 Å². The first kappa shape index (κ1) is 7.12. The van der Waals surface area contributed by atoms with Gasteiger partial charge >= 0.3 is 6.16 Å². The maximum atomic E-state index is 10.5. The highest BCUT2D eigenvalue weighted by molar-refractivity contribution is 5.63. The van der Waals surface area contributed by atoms with Crippen LogP contribution in [0.15, 0.2) is 12.7 Å². The van der Waals surface area contributed by atoms with E-state index in [9.17, 15) is 4.79 Å². The minimum atomic E-state index is -0.642. The van der Waals surface area contributed by atoms with E-state index in [0.717, 1.165) is 0 Å². The first-order valence-corrected chi connectivity index (χ1v) is 3.12. The van der Waals surface area contributed by atoms with Crippen molar-refractivity contribution in [1.29, 1.82) is 0 Å². The van der Waals surface area contributed by atoms with Crippen LogP contribution in [-0.2, 0) is 9.47 Å². The Balaban J connectivity index is 2.79. The zero-order valence-electron chi connectivity index (χ0n) is 6.09.